The molecule has 0 aliphatic carbocycles. The lowest BCUT2D eigenvalue weighted by molar-refractivity contribution is -0.115. The number of hydrogen-bond donors (Lipinski definition) is 2. The Morgan fingerprint density at radius 3 is 2.39 bits per heavy atom. The van der Waals surface area contributed by atoms with E-state index in [0.29, 0.717) is 10.7 Å². The van der Waals surface area contributed by atoms with Crippen LogP contribution in [0.2, 0.25) is 5.02 Å². The van der Waals surface area contributed by atoms with Gasteiger partial charge in [0.05, 0.1) is 11.4 Å². The summed E-state index contributed by atoms with van der Waals surface area (Å²) in [6.07, 6.45) is 0. The van der Waals surface area contributed by atoms with Crippen LogP contribution in [0.3, 0.4) is 0 Å². The second-order valence-corrected chi connectivity index (χ2v) is 7.28. The first kappa shape index (κ1) is 17.5. The molecule has 0 heterocycles. The van der Waals surface area contributed by atoms with E-state index in [1.807, 2.05) is 26.0 Å². The molecule has 0 bridgehead atoms. The zero-order valence-electron chi connectivity index (χ0n) is 12.8. The summed E-state index contributed by atoms with van der Waals surface area (Å²) in [5.74, 6) is -0.434. The number of carbonyl (C=O) groups excluding carboxylic acids is 1. The van der Waals surface area contributed by atoms with Gasteiger partial charge in [0.1, 0.15) is 0 Å². The van der Waals surface area contributed by atoms with Crippen LogP contribution in [0.5, 0.6) is 0 Å². The van der Waals surface area contributed by atoms with Gasteiger partial charge in [0, 0.05) is 10.7 Å². The molecule has 0 atom stereocenters. The number of rotatable bonds is 5. The largest absolute Gasteiger partial charge is 0.325 e. The van der Waals surface area contributed by atoms with E-state index in [4.69, 9.17) is 11.6 Å². The van der Waals surface area contributed by atoms with Crippen LogP contribution in [-0.2, 0) is 14.8 Å². The number of halogens is 1. The summed E-state index contributed by atoms with van der Waals surface area (Å²) in [5, 5.41) is 3.14. The van der Waals surface area contributed by atoms with Crippen molar-refractivity contribution in [2.75, 3.05) is 11.9 Å². The summed E-state index contributed by atoms with van der Waals surface area (Å²) in [4.78, 5) is 12.0. The molecule has 0 saturated heterocycles. The highest BCUT2D eigenvalue weighted by Gasteiger charge is 2.15. The third-order valence-electron chi connectivity index (χ3n) is 3.43. The second kappa shape index (κ2) is 7.12. The number of carbonyl (C=O) groups is 1. The first-order valence-electron chi connectivity index (χ1n) is 6.91. The topological polar surface area (TPSA) is 75.3 Å². The zero-order valence-corrected chi connectivity index (χ0v) is 14.3. The highest BCUT2D eigenvalue weighted by atomic mass is 35.5. The number of hydrogen-bond acceptors (Lipinski definition) is 3. The third-order valence-corrected chi connectivity index (χ3v) is 5.09. The van der Waals surface area contributed by atoms with E-state index in [2.05, 4.69) is 10.0 Å². The first-order chi connectivity index (χ1) is 10.8. The third kappa shape index (κ3) is 4.54. The second-order valence-electron chi connectivity index (χ2n) is 5.07. The minimum atomic E-state index is -3.75. The van der Waals surface area contributed by atoms with Gasteiger partial charge in [-0.1, -0.05) is 23.7 Å². The highest BCUT2D eigenvalue weighted by Crippen LogP contribution is 2.18. The molecule has 0 radical (unpaired) electrons. The van der Waals surface area contributed by atoms with Crippen LogP contribution >= 0.6 is 11.6 Å². The molecule has 23 heavy (non-hydrogen) atoms. The lowest BCUT2D eigenvalue weighted by Crippen LogP contribution is -2.33. The van der Waals surface area contributed by atoms with Crippen molar-refractivity contribution in [1.29, 1.82) is 0 Å². The maximum Gasteiger partial charge on any atom is 0.241 e. The Kier molecular flexibility index (Phi) is 5.41. The Labute approximate surface area is 140 Å². The van der Waals surface area contributed by atoms with Crippen molar-refractivity contribution >= 4 is 33.2 Å². The van der Waals surface area contributed by atoms with E-state index in [-0.39, 0.29) is 11.4 Å². The molecule has 2 aromatic carbocycles. The average Bonchev–Trinajstić information content (AvgIpc) is 2.50. The van der Waals surface area contributed by atoms with Gasteiger partial charge in [0.25, 0.3) is 0 Å². The summed E-state index contributed by atoms with van der Waals surface area (Å²) >= 11 is 5.73. The number of anilines is 1. The minimum Gasteiger partial charge on any atom is -0.325 e. The van der Waals surface area contributed by atoms with Crippen molar-refractivity contribution in [2.45, 2.75) is 18.7 Å². The van der Waals surface area contributed by atoms with Gasteiger partial charge in [-0.25, -0.2) is 13.1 Å². The maximum atomic E-state index is 12.1. The molecular formula is C16H17ClN2O3S. The van der Waals surface area contributed by atoms with E-state index in [1.54, 1.807) is 6.07 Å². The van der Waals surface area contributed by atoms with Gasteiger partial charge in [-0.05, 0) is 55.3 Å². The van der Waals surface area contributed by atoms with E-state index in [9.17, 15) is 13.2 Å². The fourth-order valence-corrected chi connectivity index (χ4v) is 3.05. The first-order valence-corrected chi connectivity index (χ1v) is 8.77. The highest BCUT2D eigenvalue weighted by molar-refractivity contribution is 7.89. The monoisotopic (exact) mass is 352 g/mol. The predicted octanol–water partition coefficient (Wildman–Crippen LogP) is 2.87. The quantitative estimate of drug-likeness (QED) is 0.868. The molecule has 5 nitrogen and oxygen atoms in total. The molecule has 2 aromatic rings. The average molecular weight is 353 g/mol. The van der Waals surface area contributed by atoms with Crippen LogP contribution in [0.4, 0.5) is 5.69 Å². The number of aryl methyl sites for hydroxylation is 1. The number of benzene rings is 2. The van der Waals surface area contributed by atoms with Crippen molar-refractivity contribution in [3.8, 4) is 0 Å². The molecule has 122 valence electrons. The summed E-state index contributed by atoms with van der Waals surface area (Å²) in [6.45, 7) is 3.48. The van der Waals surface area contributed by atoms with Gasteiger partial charge in [-0.15, -0.1) is 0 Å². The van der Waals surface area contributed by atoms with Gasteiger partial charge < -0.3 is 5.32 Å². The molecule has 0 unspecified atom stereocenters. The number of nitrogens with one attached hydrogen (secondary N) is 2. The fourth-order valence-electron chi connectivity index (χ4n) is 1.94. The molecule has 7 heteroatoms. The minimum absolute atomic E-state index is 0.0569. The van der Waals surface area contributed by atoms with Gasteiger partial charge >= 0.3 is 0 Å². The van der Waals surface area contributed by atoms with Crippen LogP contribution in [0.15, 0.2) is 47.4 Å². The van der Waals surface area contributed by atoms with Crippen LogP contribution in [0, 0.1) is 13.8 Å². The lowest BCUT2D eigenvalue weighted by atomic mass is 10.1. The van der Waals surface area contributed by atoms with Crippen LogP contribution in [0.25, 0.3) is 0 Å². The van der Waals surface area contributed by atoms with E-state index in [0.717, 1.165) is 11.1 Å². The maximum absolute atomic E-state index is 12.1. The van der Waals surface area contributed by atoms with Gasteiger partial charge in [0.15, 0.2) is 0 Å². The van der Waals surface area contributed by atoms with Gasteiger partial charge in [-0.3, -0.25) is 4.79 Å². The zero-order chi connectivity index (χ0) is 17.0. The van der Waals surface area contributed by atoms with Crippen molar-refractivity contribution in [2.24, 2.45) is 0 Å². The van der Waals surface area contributed by atoms with Gasteiger partial charge in [0.2, 0.25) is 15.9 Å². The molecule has 1 amide bonds. The Balaban J connectivity index is 2.01. The standard InChI is InChI=1S/C16H17ClN2O3S/c1-11-4-3-5-15(12(11)2)19-16(20)10-18-23(21,22)14-8-6-13(17)7-9-14/h3-9,18H,10H2,1-2H3,(H,19,20). The van der Waals surface area contributed by atoms with Crippen molar-refractivity contribution < 1.29 is 13.2 Å². The molecule has 0 spiro atoms. The Hall–Kier alpha value is -1.89. The number of sulfonamides is 1. The number of amides is 1. The van der Waals surface area contributed by atoms with Crippen molar-refractivity contribution in [1.82, 2.24) is 4.72 Å². The molecule has 0 fully saturated rings. The van der Waals surface area contributed by atoms with E-state index >= 15 is 0 Å². The molecule has 2 N–H and O–H groups in total. The fraction of sp³-hybridized carbons (Fsp3) is 0.188. The van der Waals surface area contributed by atoms with E-state index < -0.39 is 15.9 Å². The van der Waals surface area contributed by atoms with Crippen LogP contribution in [0.1, 0.15) is 11.1 Å². The molecule has 0 aromatic heterocycles. The van der Waals surface area contributed by atoms with Gasteiger partial charge in [-0.2, -0.15) is 0 Å². The van der Waals surface area contributed by atoms with Crippen LogP contribution < -0.4 is 10.0 Å². The van der Waals surface area contributed by atoms with E-state index in [1.165, 1.54) is 24.3 Å². The molecule has 0 saturated carbocycles. The molecular weight excluding hydrogens is 336 g/mol. The summed E-state index contributed by atoms with van der Waals surface area (Å²) in [5.41, 5.74) is 2.66. The SMILES string of the molecule is Cc1cccc(NC(=O)CNS(=O)(=O)c2ccc(Cl)cc2)c1C. The summed E-state index contributed by atoms with van der Waals surface area (Å²) in [7, 11) is -3.75. The molecule has 0 aliphatic heterocycles. The molecule has 0 aliphatic rings. The molecule has 2 rings (SSSR count). The van der Waals surface area contributed by atoms with Crippen molar-refractivity contribution in [3.05, 3.63) is 58.6 Å². The lowest BCUT2D eigenvalue weighted by Gasteiger charge is -2.11. The van der Waals surface area contributed by atoms with Crippen molar-refractivity contribution in [3.63, 3.8) is 0 Å². The Morgan fingerprint density at radius 1 is 1.09 bits per heavy atom. The Bertz CT molecular complexity index is 818. The predicted molar refractivity (Wildman–Crippen MR) is 91.2 cm³/mol. The summed E-state index contributed by atoms with van der Waals surface area (Å²) in [6, 6.07) is 11.3. The Morgan fingerprint density at radius 2 is 1.74 bits per heavy atom. The summed E-state index contributed by atoms with van der Waals surface area (Å²) < 4.78 is 26.4. The smallest absolute Gasteiger partial charge is 0.241 e. The normalized spacial score (nSPS) is 11.3. The van der Waals surface area contributed by atoms with Crippen LogP contribution in [-0.4, -0.2) is 20.9 Å².